The predicted molar refractivity (Wildman–Crippen MR) is 77.2 cm³/mol. The molecule has 3 heteroatoms. The zero-order valence-corrected chi connectivity index (χ0v) is 11.5. The zero-order valence-electron chi connectivity index (χ0n) is 10.7. The fourth-order valence-corrected chi connectivity index (χ4v) is 3.50. The smallest absolute Gasteiger partial charge is 0.0896 e. The molecule has 0 aliphatic carbocycles. The number of nitrogens with one attached hydrogen (secondary N) is 1. The first-order valence-corrected chi connectivity index (χ1v) is 7.74. The molecule has 96 valence electrons. The number of thioether (sulfide) groups is 1. The highest BCUT2D eigenvalue weighted by atomic mass is 32.2. The van der Waals surface area contributed by atoms with Crippen LogP contribution >= 0.6 is 11.8 Å². The summed E-state index contributed by atoms with van der Waals surface area (Å²) in [7, 11) is 0. The largest absolute Gasteiger partial charge is 0.378 e. The number of hydrogen-bond donors (Lipinski definition) is 1. The lowest BCUT2D eigenvalue weighted by atomic mass is 9.80. The van der Waals surface area contributed by atoms with E-state index in [1.807, 2.05) is 6.08 Å². The van der Waals surface area contributed by atoms with Crippen LogP contribution in [0.5, 0.6) is 0 Å². The first-order valence-electron chi connectivity index (χ1n) is 6.52. The summed E-state index contributed by atoms with van der Waals surface area (Å²) in [5.74, 6) is 0.529. The number of ether oxygens (including phenoxy) is 1. The lowest BCUT2D eigenvalue weighted by molar-refractivity contribution is -0.0332. The van der Waals surface area contributed by atoms with Crippen molar-refractivity contribution in [3.63, 3.8) is 0 Å². The molecule has 0 radical (unpaired) electrons. The molecular formula is C15H19NOS. The van der Waals surface area contributed by atoms with Gasteiger partial charge in [-0.25, -0.2) is 0 Å². The van der Waals surface area contributed by atoms with E-state index >= 15 is 0 Å². The molecule has 0 bridgehead atoms. The second kappa shape index (κ2) is 4.98. The van der Waals surface area contributed by atoms with Crippen molar-refractivity contribution in [3.05, 3.63) is 36.4 Å². The van der Waals surface area contributed by atoms with E-state index in [1.54, 1.807) is 11.8 Å². The molecule has 1 N–H and O–H groups in total. The number of anilines is 1. The fourth-order valence-electron chi connectivity index (χ4n) is 3.05. The Labute approximate surface area is 113 Å². The van der Waals surface area contributed by atoms with Crippen molar-refractivity contribution in [2.24, 2.45) is 5.92 Å². The summed E-state index contributed by atoms with van der Waals surface area (Å²) in [5, 5.41) is 3.59. The Hall–Kier alpha value is -0.930. The van der Waals surface area contributed by atoms with Gasteiger partial charge in [-0.05, 0) is 37.3 Å². The van der Waals surface area contributed by atoms with Crippen molar-refractivity contribution in [1.29, 1.82) is 0 Å². The highest BCUT2D eigenvalue weighted by Crippen LogP contribution is 2.44. The van der Waals surface area contributed by atoms with Gasteiger partial charge in [0.05, 0.1) is 6.10 Å². The highest BCUT2D eigenvalue weighted by molar-refractivity contribution is 7.98. The van der Waals surface area contributed by atoms with Gasteiger partial charge in [0.1, 0.15) is 0 Å². The summed E-state index contributed by atoms with van der Waals surface area (Å²) >= 11 is 1.78. The lowest BCUT2D eigenvalue weighted by Gasteiger charge is -2.42. The minimum absolute atomic E-state index is 0.241. The molecule has 0 saturated carbocycles. The second-order valence-corrected chi connectivity index (χ2v) is 5.84. The van der Waals surface area contributed by atoms with Crippen molar-refractivity contribution in [2.45, 2.75) is 29.9 Å². The summed E-state index contributed by atoms with van der Waals surface area (Å²) in [6, 6.07) is 6.95. The number of fused-ring (bicyclic) bond motifs is 3. The van der Waals surface area contributed by atoms with Gasteiger partial charge in [-0.3, -0.25) is 0 Å². The topological polar surface area (TPSA) is 21.3 Å². The molecular weight excluding hydrogens is 242 g/mol. The summed E-state index contributed by atoms with van der Waals surface area (Å²) < 4.78 is 6.04. The van der Waals surface area contributed by atoms with Crippen molar-refractivity contribution in [3.8, 4) is 0 Å². The van der Waals surface area contributed by atoms with Crippen LogP contribution in [0, 0.1) is 5.92 Å². The van der Waals surface area contributed by atoms with Gasteiger partial charge in [-0.1, -0.05) is 6.08 Å². The summed E-state index contributed by atoms with van der Waals surface area (Å²) in [6.45, 7) is 4.84. The van der Waals surface area contributed by atoms with Gasteiger partial charge in [-0.15, -0.1) is 18.3 Å². The summed E-state index contributed by atoms with van der Waals surface area (Å²) in [4.78, 5) is 1.31. The maximum atomic E-state index is 6.04. The Bertz CT molecular complexity index is 460. The minimum Gasteiger partial charge on any atom is -0.378 e. The average molecular weight is 261 g/mol. The van der Waals surface area contributed by atoms with Crippen LogP contribution in [-0.2, 0) is 4.74 Å². The normalized spacial score (nSPS) is 29.9. The molecule has 3 rings (SSSR count). The molecule has 2 aliphatic heterocycles. The van der Waals surface area contributed by atoms with Crippen LogP contribution in [0.15, 0.2) is 35.7 Å². The molecule has 0 unspecified atom stereocenters. The van der Waals surface area contributed by atoms with Crippen LogP contribution in [0.4, 0.5) is 5.69 Å². The monoisotopic (exact) mass is 261 g/mol. The summed E-state index contributed by atoms with van der Waals surface area (Å²) in [5.41, 5.74) is 2.53. The van der Waals surface area contributed by atoms with Gasteiger partial charge in [-0.2, -0.15) is 0 Å². The zero-order chi connectivity index (χ0) is 12.5. The first kappa shape index (κ1) is 12.1. The van der Waals surface area contributed by atoms with Gasteiger partial charge < -0.3 is 10.1 Å². The van der Waals surface area contributed by atoms with Gasteiger partial charge >= 0.3 is 0 Å². The van der Waals surface area contributed by atoms with Crippen molar-refractivity contribution in [1.82, 2.24) is 0 Å². The van der Waals surface area contributed by atoms with Gasteiger partial charge in [0.25, 0.3) is 0 Å². The van der Waals surface area contributed by atoms with E-state index in [2.05, 4.69) is 36.4 Å². The van der Waals surface area contributed by atoms with Gasteiger partial charge in [0, 0.05) is 34.7 Å². The Morgan fingerprint density at radius 2 is 2.39 bits per heavy atom. The molecule has 2 nitrogen and oxygen atoms in total. The quantitative estimate of drug-likeness (QED) is 0.645. The molecule has 0 aromatic heterocycles. The second-order valence-electron chi connectivity index (χ2n) is 4.96. The molecule has 1 aromatic rings. The Kier molecular flexibility index (Phi) is 3.35. The van der Waals surface area contributed by atoms with Crippen molar-refractivity contribution < 1.29 is 4.74 Å². The number of benzene rings is 1. The molecule has 1 fully saturated rings. The van der Waals surface area contributed by atoms with Crippen molar-refractivity contribution in [2.75, 3.05) is 18.2 Å². The average Bonchev–Trinajstić information content (AvgIpc) is 2.45. The third-order valence-corrected chi connectivity index (χ3v) is 4.70. The Morgan fingerprint density at radius 1 is 1.50 bits per heavy atom. The SMILES string of the molecule is C=C[C@@H]1Nc2ccc(SC)cc2[C@H]2OCCC[C@@H]12. The standard InChI is InChI=1S/C15H19NOS/c1-3-13-11-5-4-8-17-15(11)12-9-10(18-2)6-7-14(12)16-13/h3,6-7,9,11,13,15-16H,1,4-5,8H2,2H3/t11-,13-,15-/m0/s1. The fraction of sp³-hybridized carbons (Fsp3) is 0.467. The maximum absolute atomic E-state index is 6.04. The predicted octanol–water partition coefficient (Wildman–Crippen LogP) is 3.86. The van der Waals surface area contributed by atoms with E-state index in [4.69, 9.17) is 4.74 Å². The highest BCUT2D eigenvalue weighted by Gasteiger charge is 2.37. The van der Waals surface area contributed by atoms with E-state index in [1.165, 1.54) is 22.6 Å². The van der Waals surface area contributed by atoms with E-state index < -0.39 is 0 Å². The van der Waals surface area contributed by atoms with Gasteiger partial charge in [0.2, 0.25) is 0 Å². The third-order valence-electron chi connectivity index (χ3n) is 3.97. The van der Waals surface area contributed by atoms with E-state index in [0.29, 0.717) is 12.0 Å². The van der Waals surface area contributed by atoms with E-state index in [9.17, 15) is 0 Å². The van der Waals surface area contributed by atoms with Crippen LogP contribution < -0.4 is 5.32 Å². The van der Waals surface area contributed by atoms with Crippen LogP contribution in [0.25, 0.3) is 0 Å². The van der Waals surface area contributed by atoms with Crippen molar-refractivity contribution >= 4 is 17.4 Å². The lowest BCUT2D eigenvalue weighted by Crippen LogP contribution is -2.40. The molecule has 0 spiro atoms. The van der Waals surface area contributed by atoms with Crippen LogP contribution in [0.2, 0.25) is 0 Å². The number of rotatable bonds is 2. The van der Waals surface area contributed by atoms with Gasteiger partial charge in [0.15, 0.2) is 0 Å². The Morgan fingerprint density at radius 3 is 3.17 bits per heavy atom. The minimum atomic E-state index is 0.241. The van der Waals surface area contributed by atoms with E-state index in [-0.39, 0.29) is 6.10 Å². The molecule has 0 amide bonds. The van der Waals surface area contributed by atoms with Crippen LogP contribution in [0.3, 0.4) is 0 Å². The molecule has 1 aromatic carbocycles. The number of hydrogen-bond acceptors (Lipinski definition) is 3. The molecule has 2 aliphatic rings. The van der Waals surface area contributed by atoms with E-state index in [0.717, 1.165) is 13.0 Å². The van der Waals surface area contributed by atoms with Crippen LogP contribution in [-0.4, -0.2) is 18.9 Å². The molecule has 1 saturated heterocycles. The van der Waals surface area contributed by atoms with Crippen LogP contribution in [0.1, 0.15) is 24.5 Å². The molecule has 3 atom stereocenters. The Balaban J connectivity index is 2.02. The maximum Gasteiger partial charge on any atom is 0.0896 e. The molecule has 2 heterocycles. The third kappa shape index (κ3) is 1.95. The first-order chi connectivity index (χ1) is 8.83. The summed E-state index contributed by atoms with van der Waals surface area (Å²) in [6.07, 6.45) is 6.76. The molecule has 18 heavy (non-hydrogen) atoms.